The van der Waals surface area contributed by atoms with Gasteiger partial charge in [-0.05, 0) is 37.6 Å². The van der Waals surface area contributed by atoms with Crippen molar-refractivity contribution >= 4 is 36.4 Å². The number of pyridine rings is 1. The van der Waals surface area contributed by atoms with Crippen molar-refractivity contribution in [1.82, 2.24) is 10.3 Å². The summed E-state index contributed by atoms with van der Waals surface area (Å²) in [4.78, 5) is 15.5. The molecular weight excluding hydrogens is 425 g/mol. The van der Waals surface area contributed by atoms with Gasteiger partial charge in [0.2, 0.25) is 11.8 Å². The SMILES string of the molecule is Cl.Cl.O=C(Nc1ccc(Oc2ccc(C(F)(F)F)cn2)c(F)c1)C1CCCN1. The van der Waals surface area contributed by atoms with E-state index in [1.165, 1.54) is 12.1 Å². The number of carbonyl (C=O) groups excluding carboxylic acids is 1. The molecule has 0 saturated carbocycles. The molecule has 1 aromatic heterocycles. The highest BCUT2D eigenvalue weighted by atomic mass is 35.5. The molecule has 0 aliphatic carbocycles. The van der Waals surface area contributed by atoms with E-state index < -0.39 is 17.6 Å². The van der Waals surface area contributed by atoms with Gasteiger partial charge >= 0.3 is 6.18 Å². The molecule has 1 amide bonds. The molecular formula is C17H17Cl2F4N3O2. The van der Waals surface area contributed by atoms with Crippen molar-refractivity contribution < 1.29 is 27.1 Å². The van der Waals surface area contributed by atoms with Gasteiger partial charge in [-0.1, -0.05) is 0 Å². The largest absolute Gasteiger partial charge is 0.436 e. The van der Waals surface area contributed by atoms with E-state index in [0.29, 0.717) is 6.20 Å². The Balaban J connectivity index is 0.00000196. The molecule has 1 atom stereocenters. The summed E-state index contributed by atoms with van der Waals surface area (Å²) in [7, 11) is 0. The van der Waals surface area contributed by atoms with E-state index in [1.54, 1.807) is 0 Å². The number of alkyl halides is 3. The minimum Gasteiger partial charge on any atom is -0.436 e. The first kappa shape index (κ1) is 23.9. The van der Waals surface area contributed by atoms with Crippen LogP contribution in [-0.4, -0.2) is 23.5 Å². The monoisotopic (exact) mass is 441 g/mol. The number of hydrogen-bond donors (Lipinski definition) is 2. The van der Waals surface area contributed by atoms with E-state index in [-0.39, 0.29) is 54.1 Å². The summed E-state index contributed by atoms with van der Waals surface area (Å²) < 4.78 is 56.8. The number of ether oxygens (including phenoxy) is 1. The average Bonchev–Trinajstić information content (AvgIpc) is 3.12. The summed E-state index contributed by atoms with van der Waals surface area (Å²) in [5.41, 5.74) is -0.669. The van der Waals surface area contributed by atoms with E-state index in [1.807, 2.05) is 0 Å². The number of anilines is 1. The van der Waals surface area contributed by atoms with Crippen LogP contribution in [0.25, 0.3) is 0 Å². The first-order valence-electron chi connectivity index (χ1n) is 7.88. The molecule has 2 aromatic rings. The quantitative estimate of drug-likeness (QED) is 0.682. The molecule has 154 valence electrons. The van der Waals surface area contributed by atoms with Crippen molar-refractivity contribution in [2.75, 3.05) is 11.9 Å². The average molecular weight is 442 g/mol. The zero-order valence-corrected chi connectivity index (χ0v) is 15.9. The van der Waals surface area contributed by atoms with Crippen molar-refractivity contribution in [2.45, 2.75) is 25.1 Å². The number of nitrogens with one attached hydrogen (secondary N) is 2. The predicted octanol–water partition coefficient (Wildman–Crippen LogP) is 4.57. The molecule has 3 rings (SSSR count). The highest BCUT2D eigenvalue weighted by molar-refractivity contribution is 5.95. The van der Waals surface area contributed by atoms with Crippen LogP contribution in [0, 0.1) is 5.82 Å². The first-order chi connectivity index (χ1) is 12.3. The number of amides is 1. The van der Waals surface area contributed by atoms with Gasteiger partial charge in [-0.15, -0.1) is 24.8 Å². The lowest BCUT2D eigenvalue weighted by atomic mass is 10.2. The summed E-state index contributed by atoms with van der Waals surface area (Å²) in [6.07, 6.45) is -2.28. The highest BCUT2D eigenvalue weighted by Gasteiger charge is 2.30. The molecule has 1 unspecified atom stereocenters. The fourth-order valence-electron chi connectivity index (χ4n) is 2.52. The zero-order valence-electron chi connectivity index (χ0n) is 14.3. The minimum atomic E-state index is -4.51. The Morgan fingerprint density at radius 3 is 2.50 bits per heavy atom. The van der Waals surface area contributed by atoms with Crippen LogP contribution in [0.15, 0.2) is 36.5 Å². The second-order valence-electron chi connectivity index (χ2n) is 5.77. The predicted molar refractivity (Wildman–Crippen MR) is 99.9 cm³/mol. The summed E-state index contributed by atoms with van der Waals surface area (Å²) >= 11 is 0. The fraction of sp³-hybridized carbons (Fsp3) is 0.294. The Labute approximate surface area is 170 Å². The molecule has 1 saturated heterocycles. The number of halogens is 6. The van der Waals surface area contributed by atoms with Gasteiger partial charge in [-0.3, -0.25) is 4.79 Å². The molecule has 1 aromatic carbocycles. The number of rotatable bonds is 4. The number of benzene rings is 1. The molecule has 2 heterocycles. The maximum Gasteiger partial charge on any atom is 0.417 e. The third-order valence-electron chi connectivity index (χ3n) is 3.85. The van der Waals surface area contributed by atoms with Crippen molar-refractivity contribution in [3.8, 4) is 11.6 Å². The smallest absolute Gasteiger partial charge is 0.417 e. The third-order valence-corrected chi connectivity index (χ3v) is 3.85. The van der Waals surface area contributed by atoms with Crippen LogP contribution in [0.3, 0.4) is 0 Å². The highest BCUT2D eigenvalue weighted by Crippen LogP contribution is 2.31. The van der Waals surface area contributed by atoms with Crippen LogP contribution in [0.1, 0.15) is 18.4 Å². The van der Waals surface area contributed by atoms with Crippen LogP contribution in [-0.2, 0) is 11.0 Å². The summed E-state index contributed by atoms with van der Waals surface area (Å²) in [5.74, 6) is -1.41. The van der Waals surface area contributed by atoms with Crippen LogP contribution in [0.2, 0.25) is 0 Å². The second-order valence-corrected chi connectivity index (χ2v) is 5.77. The number of nitrogens with zero attached hydrogens (tertiary/aromatic N) is 1. The van der Waals surface area contributed by atoms with Gasteiger partial charge in [0.1, 0.15) is 0 Å². The molecule has 1 aliphatic heterocycles. The second kappa shape index (κ2) is 9.90. The van der Waals surface area contributed by atoms with Gasteiger partial charge in [0.25, 0.3) is 0 Å². The first-order valence-corrected chi connectivity index (χ1v) is 7.88. The van der Waals surface area contributed by atoms with Crippen LogP contribution < -0.4 is 15.4 Å². The van der Waals surface area contributed by atoms with Crippen LogP contribution >= 0.6 is 24.8 Å². The van der Waals surface area contributed by atoms with Crippen molar-refractivity contribution in [2.24, 2.45) is 0 Å². The van der Waals surface area contributed by atoms with Crippen molar-refractivity contribution in [3.05, 3.63) is 47.9 Å². The Kier molecular flexibility index (Phi) is 8.47. The number of hydrogen-bond acceptors (Lipinski definition) is 4. The van der Waals surface area contributed by atoms with Gasteiger partial charge < -0.3 is 15.4 Å². The van der Waals surface area contributed by atoms with Gasteiger partial charge in [-0.2, -0.15) is 13.2 Å². The Hall–Kier alpha value is -2.10. The van der Waals surface area contributed by atoms with Gasteiger partial charge in [0, 0.05) is 24.0 Å². The molecule has 0 spiro atoms. The van der Waals surface area contributed by atoms with E-state index >= 15 is 0 Å². The standard InChI is InChI=1S/C17H15F4N3O2.2ClH/c18-12-8-11(24-16(25)13-2-1-7-22-13)4-5-14(12)26-15-6-3-10(9-23-15)17(19,20)21;;/h3-6,8-9,13,22H,1-2,7H2,(H,24,25);2*1H. The van der Waals surface area contributed by atoms with Gasteiger partial charge in [0.05, 0.1) is 11.6 Å². The lowest BCUT2D eigenvalue weighted by Gasteiger charge is -2.12. The molecule has 2 N–H and O–H groups in total. The molecule has 0 radical (unpaired) electrons. The third kappa shape index (κ3) is 5.95. The van der Waals surface area contributed by atoms with E-state index in [0.717, 1.165) is 37.6 Å². The Bertz CT molecular complexity index is 798. The number of carbonyl (C=O) groups is 1. The van der Waals surface area contributed by atoms with Crippen molar-refractivity contribution in [3.63, 3.8) is 0 Å². The van der Waals surface area contributed by atoms with Crippen LogP contribution in [0.5, 0.6) is 11.6 Å². The minimum absolute atomic E-state index is 0. The lowest BCUT2D eigenvalue weighted by molar-refractivity contribution is -0.137. The molecule has 5 nitrogen and oxygen atoms in total. The van der Waals surface area contributed by atoms with E-state index in [9.17, 15) is 22.4 Å². The molecule has 0 bridgehead atoms. The topological polar surface area (TPSA) is 63.2 Å². The van der Waals surface area contributed by atoms with E-state index in [4.69, 9.17) is 4.74 Å². The van der Waals surface area contributed by atoms with Crippen molar-refractivity contribution in [1.29, 1.82) is 0 Å². The molecule has 1 fully saturated rings. The van der Waals surface area contributed by atoms with E-state index in [2.05, 4.69) is 15.6 Å². The Morgan fingerprint density at radius 1 is 1.21 bits per heavy atom. The summed E-state index contributed by atoms with van der Waals surface area (Å²) in [6, 6.07) is 5.28. The fourth-order valence-corrected chi connectivity index (χ4v) is 2.52. The normalized spacial score (nSPS) is 15.9. The Morgan fingerprint density at radius 2 is 1.96 bits per heavy atom. The number of aromatic nitrogens is 1. The zero-order chi connectivity index (χ0) is 18.7. The van der Waals surface area contributed by atoms with Crippen LogP contribution in [0.4, 0.5) is 23.2 Å². The maximum atomic E-state index is 14.1. The summed E-state index contributed by atoms with van der Waals surface area (Å²) in [6.45, 7) is 0.763. The molecule has 1 aliphatic rings. The molecule has 11 heteroatoms. The summed E-state index contributed by atoms with van der Waals surface area (Å²) in [5, 5.41) is 5.63. The molecule has 28 heavy (non-hydrogen) atoms. The maximum absolute atomic E-state index is 14.1. The van der Waals surface area contributed by atoms with Gasteiger partial charge in [-0.25, -0.2) is 9.37 Å². The lowest BCUT2D eigenvalue weighted by Crippen LogP contribution is -2.35. The van der Waals surface area contributed by atoms with Gasteiger partial charge in [0.15, 0.2) is 11.6 Å².